The van der Waals surface area contributed by atoms with E-state index in [4.69, 9.17) is 0 Å². The molecule has 1 aliphatic carbocycles. The van der Waals surface area contributed by atoms with Crippen LogP contribution in [0.2, 0.25) is 0 Å². The third-order valence-electron chi connectivity index (χ3n) is 5.94. The monoisotopic (exact) mass is 435 g/mol. The van der Waals surface area contributed by atoms with Gasteiger partial charge in [-0.05, 0) is 24.5 Å². The summed E-state index contributed by atoms with van der Waals surface area (Å²) < 4.78 is 44.4. The largest absolute Gasteiger partial charge is 0.416 e. The molecule has 7 nitrogen and oxygen atoms in total. The normalized spacial score (nSPS) is 15.5. The van der Waals surface area contributed by atoms with Crippen molar-refractivity contribution in [2.24, 2.45) is 14.1 Å². The molecule has 4 rings (SSSR count). The van der Waals surface area contributed by atoms with Crippen LogP contribution < -0.4 is 16.6 Å². The van der Waals surface area contributed by atoms with Gasteiger partial charge in [-0.1, -0.05) is 37.5 Å². The van der Waals surface area contributed by atoms with Crippen molar-refractivity contribution in [2.45, 2.75) is 50.9 Å². The Morgan fingerprint density at radius 1 is 1.06 bits per heavy atom. The Balaban J connectivity index is 1.91. The number of imidazole rings is 1. The highest BCUT2D eigenvalue weighted by molar-refractivity contribution is 5.74. The van der Waals surface area contributed by atoms with Gasteiger partial charge in [0.25, 0.3) is 5.56 Å². The number of hydrogen-bond donors (Lipinski definition) is 1. The van der Waals surface area contributed by atoms with Crippen molar-refractivity contribution in [2.75, 3.05) is 5.32 Å². The quantitative estimate of drug-likeness (QED) is 0.683. The van der Waals surface area contributed by atoms with Crippen LogP contribution in [0.5, 0.6) is 0 Å². The first-order valence-electron chi connectivity index (χ1n) is 10.3. The molecular weight excluding hydrogens is 411 g/mol. The lowest BCUT2D eigenvalue weighted by molar-refractivity contribution is -0.138. The van der Waals surface area contributed by atoms with Gasteiger partial charge in [0.1, 0.15) is 0 Å². The molecule has 10 heteroatoms. The van der Waals surface area contributed by atoms with Gasteiger partial charge in [0.2, 0.25) is 5.95 Å². The fourth-order valence-electron chi connectivity index (χ4n) is 4.25. The number of fused-ring (bicyclic) bond motifs is 1. The van der Waals surface area contributed by atoms with Crippen molar-refractivity contribution in [3.8, 4) is 0 Å². The van der Waals surface area contributed by atoms with E-state index in [1.165, 1.54) is 41.4 Å². The second kappa shape index (κ2) is 7.90. The third kappa shape index (κ3) is 3.86. The summed E-state index contributed by atoms with van der Waals surface area (Å²) >= 11 is 0. The fraction of sp³-hybridized carbons (Fsp3) is 0.476. The van der Waals surface area contributed by atoms with E-state index >= 15 is 0 Å². The maximum atomic E-state index is 13.6. The fourth-order valence-corrected chi connectivity index (χ4v) is 4.25. The molecule has 2 heterocycles. The van der Waals surface area contributed by atoms with Gasteiger partial charge < -0.3 is 5.32 Å². The number of nitrogens with one attached hydrogen (secondary N) is 1. The van der Waals surface area contributed by atoms with Gasteiger partial charge in [-0.2, -0.15) is 18.2 Å². The molecule has 1 aliphatic rings. The van der Waals surface area contributed by atoms with Crippen LogP contribution in [0, 0.1) is 0 Å². The Labute approximate surface area is 176 Å². The van der Waals surface area contributed by atoms with Crippen molar-refractivity contribution in [3.05, 3.63) is 56.2 Å². The predicted molar refractivity (Wildman–Crippen MR) is 111 cm³/mol. The van der Waals surface area contributed by atoms with E-state index in [2.05, 4.69) is 10.3 Å². The minimum Gasteiger partial charge on any atom is -0.353 e. The summed E-state index contributed by atoms with van der Waals surface area (Å²) in [6, 6.07) is 5.40. The van der Waals surface area contributed by atoms with Gasteiger partial charge in [0.05, 0.1) is 12.1 Å². The topological polar surface area (TPSA) is 73.8 Å². The van der Waals surface area contributed by atoms with Crippen LogP contribution >= 0.6 is 0 Å². The standard InChI is InChI=1S/C21H24F3N5O2/c1-27-17-16(18(30)28(2)20(27)31)29(19(26-17)25-14-9-4-3-5-10-14)12-13-8-6-7-11-15(13)21(22,23)24/h6-8,11,14H,3-5,9-10,12H2,1-2H3,(H,25,26). The molecule has 2 aromatic heterocycles. The van der Waals surface area contributed by atoms with Gasteiger partial charge in [-0.25, -0.2) is 4.79 Å². The number of nitrogens with zero attached hydrogens (tertiary/aromatic N) is 4. The van der Waals surface area contributed by atoms with Gasteiger partial charge in [-0.15, -0.1) is 0 Å². The molecular formula is C21H24F3N5O2. The number of alkyl halides is 3. The van der Waals surface area contributed by atoms with E-state index in [9.17, 15) is 22.8 Å². The lowest BCUT2D eigenvalue weighted by Gasteiger charge is -2.24. The summed E-state index contributed by atoms with van der Waals surface area (Å²) in [5.41, 5.74) is -1.62. The summed E-state index contributed by atoms with van der Waals surface area (Å²) in [7, 11) is 2.84. The average molecular weight is 435 g/mol. The molecule has 0 unspecified atom stereocenters. The summed E-state index contributed by atoms with van der Waals surface area (Å²) in [5, 5.41) is 3.32. The van der Waals surface area contributed by atoms with Crippen molar-refractivity contribution in [1.82, 2.24) is 18.7 Å². The molecule has 1 saturated carbocycles. The van der Waals surface area contributed by atoms with Crippen molar-refractivity contribution in [1.29, 1.82) is 0 Å². The number of anilines is 1. The lowest BCUT2D eigenvalue weighted by atomic mass is 9.96. The lowest BCUT2D eigenvalue weighted by Crippen LogP contribution is -2.37. The van der Waals surface area contributed by atoms with Crippen LogP contribution in [0.15, 0.2) is 33.9 Å². The molecule has 1 fully saturated rings. The molecule has 1 aromatic carbocycles. The zero-order valence-corrected chi connectivity index (χ0v) is 17.4. The molecule has 166 valence electrons. The number of hydrogen-bond acceptors (Lipinski definition) is 4. The molecule has 31 heavy (non-hydrogen) atoms. The molecule has 0 atom stereocenters. The Morgan fingerprint density at radius 3 is 2.42 bits per heavy atom. The Hall–Kier alpha value is -3.04. The maximum absolute atomic E-state index is 13.6. The highest BCUT2D eigenvalue weighted by Crippen LogP contribution is 2.33. The summed E-state index contributed by atoms with van der Waals surface area (Å²) in [6.07, 6.45) is 0.549. The van der Waals surface area contributed by atoms with Gasteiger partial charge in [0, 0.05) is 20.1 Å². The van der Waals surface area contributed by atoms with E-state index in [1.54, 1.807) is 0 Å². The molecule has 0 bridgehead atoms. The van der Waals surface area contributed by atoms with Crippen LogP contribution in [0.1, 0.15) is 43.2 Å². The molecule has 3 aromatic rings. The van der Waals surface area contributed by atoms with E-state index in [0.29, 0.717) is 5.95 Å². The van der Waals surface area contributed by atoms with E-state index in [-0.39, 0.29) is 29.3 Å². The number of aromatic nitrogens is 4. The molecule has 0 aliphatic heterocycles. The second-order valence-electron chi connectivity index (χ2n) is 8.03. The minimum atomic E-state index is -4.53. The molecule has 0 saturated heterocycles. The average Bonchev–Trinajstić information content (AvgIpc) is 3.09. The maximum Gasteiger partial charge on any atom is 0.416 e. The first-order valence-corrected chi connectivity index (χ1v) is 10.3. The Bertz CT molecular complexity index is 1230. The first-order chi connectivity index (χ1) is 14.7. The van der Waals surface area contributed by atoms with Crippen molar-refractivity contribution >= 4 is 17.1 Å². The third-order valence-corrected chi connectivity index (χ3v) is 5.94. The van der Waals surface area contributed by atoms with Gasteiger partial charge in [0.15, 0.2) is 11.2 Å². The first kappa shape index (κ1) is 21.2. The Morgan fingerprint density at radius 2 is 1.74 bits per heavy atom. The molecule has 0 radical (unpaired) electrons. The van der Waals surface area contributed by atoms with E-state index in [1.807, 2.05) is 0 Å². The number of halogens is 3. The van der Waals surface area contributed by atoms with Gasteiger partial charge >= 0.3 is 11.9 Å². The van der Waals surface area contributed by atoms with Crippen molar-refractivity contribution in [3.63, 3.8) is 0 Å². The highest BCUT2D eigenvalue weighted by Gasteiger charge is 2.33. The van der Waals surface area contributed by atoms with Crippen LogP contribution in [-0.4, -0.2) is 24.7 Å². The number of aryl methyl sites for hydroxylation is 1. The second-order valence-corrected chi connectivity index (χ2v) is 8.03. The molecule has 0 amide bonds. The number of rotatable bonds is 4. The summed E-state index contributed by atoms with van der Waals surface area (Å²) in [5.74, 6) is 0.303. The SMILES string of the molecule is Cn1c(=O)c2c(nc(NC3CCCCC3)n2Cc2ccccc2C(F)(F)F)n(C)c1=O. The van der Waals surface area contributed by atoms with Crippen molar-refractivity contribution < 1.29 is 13.2 Å². The van der Waals surface area contributed by atoms with E-state index in [0.717, 1.165) is 42.7 Å². The smallest absolute Gasteiger partial charge is 0.353 e. The molecule has 0 spiro atoms. The zero-order chi connectivity index (χ0) is 22.3. The molecule has 1 N–H and O–H groups in total. The van der Waals surface area contributed by atoms with Gasteiger partial charge in [-0.3, -0.25) is 18.5 Å². The summed E-state index contributed by atoms with van der Waals surface area (Å²) in [4.78, 5) is 29.8. The highest BCUT2D eigenvalue weighted by atomic mass is 19.4. The van der Waals surface area contributed by atoms with Crippen LogP contribution in [0.25, 0.3) is 11.2 Å². The predicted octanol–water partition coefficient (Wildman–Crippen LogP) is 3.25. The number of benzene rings is 1. The summed E-state index contributed by atoms with van der Waals surface area (Å²) in [6.45, 7) is -0.200. The van der Waals surface area contributed by atoms with Crippen LogP contribution in [0.4, 0.5) is 19.1 Å². The van der Waals surface area contributed by atoms with Crippen LogP contribution in [0.3, 0.4) is 0 Å². The zero-order valence-electron chi connectivity index (χ0n) is 17.4. The van der Waals surface area contributed by atoms with Crippen LogP contribution in [-0.2, 0) is 26.8 Å². The van der Waals surface area contributed by atoms with E-state index < -0.39 is 23.0 Å². The Kier molecular flexibility index (Phi) is 5.40. The minimum absolute atomic E-state index is 0.0249.